The van der Waals surface area contributed by atoms with Crippen molar-refractivity contribution in [1.82, 2.24) is 4.98 Å². The van der Waals surface area contributed by atoms with Gasteiger partial charge in [0.2, 0.25) is 0 Å². The van der Waals surface area contributed by atoms with Crippen molar-refractivity contribution in [2.24, 2.45) is 5.92 Å². The molecule has 0 spiro atoms. The molecular formula is C12H17NO. The third kappa shape index (κ3) is 1.67. The smallest absolute Gasteiger partial charge is 0.106 e. The molecule has 0 aliphatic heterocycles. The van der Waals surface area contributed by atoms with E-state index in [-0.39, 0.29) is 0 Å². The standard InChI is InChI=1S/C12H17NO/c1-12(14,10-6-2-3-7-10)11-8-4-5-9-13-11/h4-5,8-10,14H,2-3,6-7H2,1H3. The Morgan fingerprint density at radius 2 is 2.07 bits per heavy atom. The van der Waals surface area contributed by atoms with Gasteiger partial charge in [0.1, 0.15) is 5.60 Å². The lowest BCUT2D eigenvalue weighted by Crippen LogP contribution is -2.30. The third-order valence-electron chi connectivity index (χ3n) is 3.33. The lowest BCUT2D eigenvalue weighted by molar-refractivity contribution is -0.00733. The fourth-order valence-corrected chi connectivity index (χ4v) is 2.36. The zero-order valence-electron chi connectivity index (χ0n) is 8.61. The number of aliphatic hydroxyl groups is 1. The maximum absolute atomic E-state index is 10.4. The van der Waals surface area contributed by atoms with Gasteiger partial charge in [-0.15, -0.1) is 0 Å². The molecule has 1 aromatic rings. The fraction of sp³-hybridized carbons (Fsp3) is 0.583. The van der Waals surface area contributed by atoms with E-state index in [4.69, 9.17) is 0 Å². The van der Waals surface area contributed by atoms with Crippen LogP contribution in [0.5, 0.6) is 0 Å². The minimum absolute atomic E-state index is 0.386. The lowest BCUT2D eigenvalue weighted by atomic mass is 9.85. The van der Waals surface area contributed by atoms with Gasteiger partial charge in [0, 0.05) is 6.20 Å². The summed E-state index contributed by atoms with van der Waals surface area (Å²) in [6.07, 6.45) is 6.49. The second kappa shape index (κ2) is 3.70. The van der Waals surface area contributed by atoms with Crippen molar-refractivity contribution in [3.8, 4) is 0 Å². The van der Waals surface area contributed by atoms with Crippen LogP contribution in [-0.2, 0) is 5.60 Å². The molecule has 0 saturated heterocycles. The molecule has 1 heterocycles. The van der Waals surface area contributed by atoms with Crippen molar-refractivity contribution in [3.63, 3.8) is 0 Å². The molecule has 1 aromatic heterocycles. The molecule has 14 heavy (non-hydrogen) atoms. The van der Waals surface area contributed by atoms with Crippen LogP contribution in [0.25, 0.3) is 0 Å². The summed E-state index contributed by atoms with van der Waals surface area (Å²) in [6.45, 7) is 1.89. The van der Waals surface area contributed by atoms with E-state index in [1.807, 2.05) is 25.1 Å². The number of hydrogen-bond donors (Lipinski definition) is 1. The van der Waals surface area contributed by atoms with E-state index >= 15 is 0 Å². The summed E-state index contributed by atoms with van der Waals surface area (Å²) in [5.74, 6) is 0.386. The summed E-state index contributed by atoms with van der Waals surface area (Å²) in [7, 11) is 0. The van der Waals surface area contributed by atoms with Crippen LogP contribution in [0.2, 0.25) is 0 Å². The first-order valence-electron chi connectivity index (χ1n) is 5.35. The maximum atomic E-state index is 10.4. The molecule has 1 aliphatic rings. The number of rotatable bonds is 2. The molecule has 0 aromatic carbocycles. The molecule has 1 atom stereocenters. The first-order chi connectivity index (χ1) is 6.71. The van der Waals surface area contributed by atoms with E-state index in [9.17, 15) is 5.11 Å². The largest absolute Gasteiger partial charge is 0.384 e. The first-order valence-corrected chi connectivity index (χ1v) is 5.35. The summed E-state index contributed by atoms with van der Waals surface area (Å²) in [4.78, 5) is 4.24. The second-order valence-electron chi connectivity index (χ2n) is 4.34. The highest BCUT2D eigenvalue weighted by atomic mass is 16.3. The van der Waals surface area contributed by atoms with E-state index in [1.54, 1.807) is 6.20 Å². The average Bonchev–Trinajstić information content (AvgIpc) is 2.72. The van der Waals surface area contributed by atoms with E-state index < -0.39 is 5.60 Å². The van der Waals surface area contributed by atoms with Crippen LogP contribution in [-0.4, -0.2) is 10.1 Å². The Balaban J connectivity index is 2.22. The Morgan fingerprint density at radius 1 is 1.36 bits per heavy atom. The zero-order chi connectivity index (χ0) is 10.0. The molecule has 76 valence electrons. The predicted octanol–water partition coefficient (Wildman–Crippen LogP) is 2.48. The third-order valence-corrected chi connectivity index (χ3v) is 3.33. The summed E-state index contributed by atoms with van der Waals surface area (Å²) >= 11 is 0. The summed E-state index contributed by atoms with van der Waals surface area (Å²) in [5.41, 5.74) is 0.0736. The molecule has 1 saturated carbocycles. The molecule has 2 nitrogen and oxygen atoms in total. The molecular weight excluding hydrogens is 174 g/mol. The Kier molecular flexibility index (Phi) is 2.55. The van der Waals surface area contributed by atoms with Crippen LogP contribution in [0.3, 0.4) is 0 Å². The molecule has 2 rings (SSSR count). The van der Waals surface area contributed by atoms with Crippen molar-refractivity contribution >= 4 is 0 Å². The summed E-state index contributed by atoms with van der Waals surface area (Å²) < 4.78 is 0. The molecule has 0 radical (unpaired) electrons. The van der Waals surface area contributed by atoms with Gasteiger partial charge in [0.15, 0.2) is 0 Å². The molecule has 0 amide bonds. The number of aromatic nitrogens is 1. The van der Waals surface area contributed by atoms with Gasteiger partial charge in [-0.25, -0.2) is 0 Å². The second-order valence-corrected chi connectivity index (χ2v) is 4.34. The molecule has 1 unspecified atom stereocenters. The average molecular weight is 191 g/mol. The van der Waals surface area contributed by atoms with Crippen LogP contribution < -0.4 is 0 Å². The van der Waals surface area contributed by atoms with Crippen molar-refractivity contribution in [2.45, 2.75) is 38.2 Å². The van der Waals surface area contributed by atoms with Crippen molar-refractivity contribution < 1.29 is 5.11 Å². The molecule has 2 heteroatoms. The van der Waals surface area contributed by atoms with Gasteiger partial charge in [-0.05, 0) is 37.8 Å². The van der Waals surface area contributed by atoms with Gasteiger partial charge in [0.25, 0.3) is 0 Å². The van der Waals surface area contributed by atoms with Gasteiger partial charge < -0.3 is 5.11 Å². The van der Waals surface area contributed by atoms with Crippen molar-refractivity contribution in [2.75, 3.05) is 0 Å². The van der Waals surface area contributed by atoms with E-state index in [0.717, 1.165) is 18.5 Å². The zero-order valence-corrected chi connectivity index (χ0v) is 8.61. The first kappa shape index (κ1) is 9.66. The van der Waals surface area contributed by atoms with Crippen LogP contribution in [0.1, 0.15) is 38.3 Å². The quantitative estimate of drug-likeness (QED) is 0.779. The van der Waals surface area contributed by atoms with Gasteiger partial charge >= 0.3 is 0 Å². The highest BCUT2D eigenvalue weighted by Crippen LogP contribution is 2.39. The minimum atomic E-state index is -0.738. The molecule has 1 fully saturated rings. The highest BCUT2D eigenvalue weighted by Gasteiger charge is 2.36. The van der Waals surface area contributed by atoms with Crippen LogP contribution in [0.4, 0.5) is 0 Å². The minimum Gasteiger partial charge on any atom is -0.384 e. The Morgan fingerprint density at radius 3 is 2.64 bits per heavy atom. The SMILES string of the molecule is CC(O)(c1ccccn1)C1CCCC1. The molecule has 0 bridgehead atoms. The summed E-state index contributed by atoms with van der Waals surface area (Å²) in [6, 6.07) is 5.73. The molecule has 1 aliphatic carbocycles. The van der Waals surface area contributed by atoms with Crippen LogP contribution in [0, 0.1) is 5.92 Å². The Labute approximate surface area is 85.0 Å². The number of pyridine rings is 1. The summed E-state index contributed by atoms with van der Waals surface area (Å²) in [5, 5.41) is 10.4. The van der Waals surface area contributed by atoms with Crippen LogP contribution >= 0.6 is 0 Å². The topological polar surface area (TPSA) is 33.1 Å². The maximum Gasteiger partial charge on any atom is 0.106 e. The normalized spacial score (nSPS) is 22.1. The molecule has 1 N–H and O–H groups in total. The number of hydrogen-bond acceptors (Lipinski definition) is 2. The van der Waals surface area contributed by atoms with Gasteiger partial charge in [-0.3, -0.25) is 4.98 Å². The lowest BCUT2D eigenvalue weighted by Gasteiger charge is -2.29. The van der Waals surface area contributed by atoms with Crippen molar-refractivity contribution in [3.05, 3.63) is 30.1 Å². The van der Waals surface area contributed by atoms with Crippen LogP contribution in [0.15, 0.2) is 24.4 Å². The Bertz CT molecular complexity index is 288. The fourth-order valence-electron chi connectivity index (χ4n) is 2.36. The Hall–Kier alpha value is -0.890. The van der Waals surface area contributed by atoms with Gasteiger partial charge in [0.05, 0.1) is 5.69 Å². The van der Waals surface area contributed by atoms with Gasteiger partial charge in [-0.2, -0.15) is 0 Å². The predicted molar refractivity (Wildman–Crippen MR) is 55.8 cm³/mol. The monoisotopic (exact) mass is 191 g/mol. The van der Waals surface area contributed by atoms with E-state index in [1.165, 1.54) is 12.8 Å². The van der Waals surface area contributed by atoms with E-state index in [0.29, 0.717) is 5.92 Å². The van der Waals surface area contributed by atoms with Crippen molar-refractivity contribution in [1.29, 1.82) is 0 Å². The highest BCUT2D eigenvalue weighted by molar-refractivity contribution is 5.13. The number of nitrogens with zero attached hydrogens (tertiary/aromatic N) is 1. The van der Waals surface area contributed by atoms with Gasteiger partial charge in [-0.1, -0.05) is 18.9 Å². The van der Waals surface area contributed by atoms with E-state index in [2.05, 4.69) is 4.98 Å².